The smallest absolute Gasteiger partial charge is 0.267 e. The van der Waals surface area contributed by atoms with Crippen molar-refractivity contribution in [3.05, 3.63) is 28.2 Å². The van der Waals surface area contributed by atoms with Crippen LogP contribution in [0.5, 0.6) is 0 Å². The van der Waals surface area contributed by atoms with Crippen LogP contribution in [0.3, 0.4) is 0 Å². The summed E-state index contributed by atoms with van der Waals surface area (Å²) in [5.41, 5.74) is 1.18. The lowest BCUT2D eigenvalue weighted by molar-refractivity contribution is 0.180. The van der Waals surface area contributed by atoms with Gasteiger partial charge in [-0.25, -0.2) is 4.68 Å². The SMILES string of the molecule is Cc1cnn(CC2(CBr)CCCCC2)c(=O)c1. The van der Waals surface area contributed by atoms with Crippen molar-refractivity contribution in [3.8, 4) is 0 Å². The van der Waals surface area contributed by atoms with Crippen LogP contribution in [0.4, 0.5) is 0 Å². The molecule has 1 aliphatic carbocycles. The highest BCUT2D eigenvalue weighted by atomic mass is 79.9. The predicted molar refractivity (Wildman–Crippen MR) is 72.5 cm³/mol. The number of aryl methyl sites for hydroxylation is 1. The quantitative estimate of drug-likeness (QED) is 0.804. The van der Waals surface area contributed by atoms with Gasteiger partial charge in [0.2, 0.25) is 0 Å². The van der Waals surface area contributed by atoms with Crippen LogP contribution in [0.25, 0.3) is 0 Å². The van der Waals surface area contributed by atoms with Crippen LogP contribution < -0.4 is 5.56 Å². The number of alkyl halides is 1. The van der Waals surface area contributed by atoms with Crippen molar-refractivity contribution in [1.29, 1.82) is 0 Å². The zero-order valence-corrected chi connectivity index (χ0v) is 11.9. The third-order valence-corrected chi connectivity index (χ3v) is 4.88. The summed E-state index contributed by atoms with van der Waals surface area (Å²) in [4.78, 5) is 11.9. The van der Waals surface area contributed by atoms with E-state index in [1.54, 1.807) is 16.9 Å². The van der Waals surface area contributed by atoms with E-state index in [2.05, 4.69) is 21.0 Å². The van der Waals surface area contributed by atoms with Gasteiger partial charge in [-0.15, -0.1) is 0 Å². The van der Waals surface area contributed by atoms with Gasteiger partial charge >= 0.3 is 0 Å². The lowest BCUT2D eigenvalue weighted by atomic mass is 9.75. The van der Waals surface area contributed by atoms with Crippen LogP contribution in [0.15, 0.2) is 17.1 Å². The molecule has 0 N–H and O–H groups in total. The van der Waals surface area contributed by atoms with Crippen LogP contribution in [0, 0.1) is 12.3 Å². The third kappa shape index (κ3) is 2.97. The van der Waals surface area contributed by atoms with Gasteiger partial charge in [0.1, 0.15) is 0 Å². The van der Waals surface area contributed by atoms with Crippen molar-refractivity contribution in [2.75, 3.05) is 5.33 Å². The Kier molecular flexibility index (Phi) is 4.02. The fraction of sp³-hybridized carbons (Fsp3) is 0.692. The highest BCUT2D eigenvalue weighted by molar-refractivity contribution is 9.09. The molecule has 1 aliphatic rings. The molecule has 1 fully saturated rings. The maximum Gasteiger partial charge on any atom is 0.267 e. The van der Waals surface area contributed by atoms with E-state index in [1.807, 2.05) is 6.92 Å². The van der Waals surface area contributed by atoms with E-state index in [1.165, 1.54) is 32.1 Å². The van der Waals surface area contributed by atoms with Crippen molar-refractivity contribution < 1.29 is 0 Å². The monoisotopic (exact) mass is 298 g/mol. The summed E-state index contributed by atoms with van der Waals surface area (Å²) in [5.74, 6) is 0. The Labute approximate surface area is 110 Å². The van der Waals surface area contributed by atoms with E-state index in [-0.39, 0.29) is 11.0 Å². The van der Waals surface area contributed by atoms with Crippen molar-refractivity contribution in [2.24, 2.45) is 5.41 Å². The van der Waals surface area contributed by atoms with Crippen molar-refractivity contribution >= 4 is 15.9 Å². The average Bonchev–Trinajstić information content (AvgIpc) is 2.34. The Morgan fingerprint density at radius 2 is 2.12 bits per heavy atom. The molecule has 0 amide bonds. The van der Waals surface area contributed by atoms with Crippen molar-refractivity contribution in [2.45, 2.75) is 45.6 Å². The second-order valence-corrected chi connectivity index (χ2v) is 5.78. The van der Waals surface area contributed by atoms with Gasteiger partial charge in [0, 0.05) is 11.4 Å². The second-order valence-electron chi connectivity index (χ2n) is 5.22. The summed E-state index contributed by atoms with van der Waals surface area (Å²) in [5, 5.41) is 5.21. The summed E-state index contributed by atoms with van der Waals surface area (Å²) in [6.07, 6.45) is 8.02. The molecular formula is C13H19BrN2O. The van der Waals surface area contributed by atoms with Gasteiger partial charge in [0.15, 0.2) is 0 Å². The maximum atomic E-state index is 11.9. The molecular weight excluding hydrogens is 280 g/mol. The largest absolute Gasteiger partial charge is 0.268 e. The number of hydrogen-bond donors (Lipinski definition) is 0. The van der Waals surface area contributed by atoms with E-state index >= 15 is 0 Å². The molecule has 1 aromatic heterocycles. The van der Waals surface area contributed by atoms with Gasteiger partial charge in [0.25, 0.3) is 5.56 Å². The molecule has 4 heteroatoms. The van der Waals surface area contributed by atoms with Gasteiger partial charge in [-0.3, -0.25) is 4.79 Å². The molecule has 0 bridgehead atoms. The van der Waals surface area contributed by atoms with E-state index < -0.39 is 0 Å². The minimum absolute atomic E-state index is 0.0240. The Bertz CT molecular complexity index is 435. The van der Waals surface area contributed by atoms with Gasteiger partial charge < -0.3 is 0 Å². The molecule has 0 radical (unpaired) electrons. The molecule has 0 unspecified atom stereocenters. The molecule has 0 spiro atoms. The van der Waals surface area contributed by atoms with Crippen LogP contribution in [0.1, 0.15) is 37.7 Å². The lowest BCUT2D eigenvalue weighted by Gasteiger charge is -2.35. The van der Waals surface area contributed by atoms with Gasteiger partial charge in [-0.2, -0.15) is 5.10 Å². The first-order valence-corrected chi connectivity index (χ1v) is 7.37. The molecule has 0 aromatic carbocycles. The normalized spacial score (nSPS) is 19.2. The average molecular weight is 299 g/mol. The van der Waals surface area contributed by atoms with E-state index in [0.29, 0.717) is 0 Å². The summed E-state index contributed by atoms with van der Waals surface area (Å²) in [6, 6.07) is 1.66. The molecule has 3 nitrogen and oxygen atoms in total. The second kappa shape index (κ2) is 5.34. The Hall–Kier alpha value is -0.640. The lowest BCUT2D eigenvalue weighted by Crippen LogP contribution is -2.36. The predicted octanol–water partition coefficient (Wildman–Crippen LogP) is 2.90. The standard InChI is InChI=1S/C13H19BrN2O/c1-11-7-12(17)16(15-8-11)10-13(9-14)5-3-2-4-6-13/h7-8H,2-6,9-10H2,1H3. The van der Waals surface area contributed by atoms with Gasteiger partial charge in [-0.05, 0) is 30.7 Å². The van der Waals surface area contributed by atoms with Crippen LogP contribution in [0.2, 0.25) is 0 Å². The maximum absolute atomic E-state index is 11.9. The Balaban J connectivity index is 2.20. The van der Waals surface area contributed by atoms with E-state index in [9.17, 15) is 4.79 Å². The molecule has 17 heavy (non-hydrogen) atoms. The number of hydrogen-bond acceptors (Lipinski definition) is 2. The molecule has 2 rings (SSSR count). The minimum Gasteiger partial charge on any atom is -0.268 e. The van der Waals surface area contributed by atoms with Gasteiger partial charge in [-0.1, -0.05) is 35.2 Å². The molecule has 1 aromatic rings. The summed E-state index contributed by atoms with van der Waals surface area (Å²) in [6.45, 7) is 2.65. The Morgan fingerprint density at radius 3 is 2.71 bits per heavy atom. The molecule has 0 atom stereocenters. The fourth-order valence-corrected chi connectivity index (χ4v) is 3.33. The summed E-state index contributed by atoms with van der Waals surface area (Å²) >= 11 is 3.62. The zero-order chi connectivity index (χ0) is 12.3. The number of aromatic nitrogens is 2. The molecule has 0 aliphatic heterocycles. The first-order valence-electron chi connectivity index (χ1n) is 6.25. The summed E-state index contributed by atoms with van der Waals surface area (Å²) in [7, 11) is 0. The first kappa shape index (κ1) is 12.8. The zero-order valence-electron chi connectivity index (χ0n) is 10.3. The van der Waals surface area contributed by atoms with Crippen LogP contribution in [-0.4, -0.2) is 15.1 Å². The summed E-state index contributed by atoms with van der Waals surface area (Å²) < 4.78 is 1.62. The topological polar surface area (TPSA) is 34.9 Å². The third-order valence-electron chi connectivity index (χ3n) is 3.69. The Morgan fingerprint density at radius 1 is 1.41 bits per heavy atom. The fourth-order valence-electron chi connectivity index (χ4n) is 2.60. The highest BCUT2D eigenvalue weighted by Crippen LogP contribution is 2.38. The molecule has 0 saturated heterocycles. The van der Waals surface area contributed by atoms with Crippen LogP contribution >= 0.6 is 15.9 Å². The molecule has 1 saturated carbocycles. The first-order chi connectivity index (χ1) is 8.15. The highest BCUT2D eigenvalue weighted by Gasteiger charge is 2.31. The van der Waals surface area contributed by atoms with Gasteiger partial charge in [0.05, 0.1) is 12.7 Å². The van der Waals surface area contributed by atoms with Crippen molar-refractivity contribution in [1.82, 2.24) is 9.78 Å². The minimum atomic E-state index is 0.0240. The molecule has 94 valence electrons. The van der Waals surface area contributed by atoms with Crippen LogP contribution in [-0.2, 0) is 6.54 Å². The van der Waals surface area contributed by atoms with E-state index in [0.717, 1.165) is 17.4 Å². The number of nitrogens with zero attached hydrogens (tertiary/aromatic N) is 2. The number of halogens is 1. The van der Waals surface area contributed by atoms with Crippen molar-refractivity contribution in [3.63, 3.8) is 0 Å². The molecule has 1 heterocycles. The van der Waals surface area contributed by atoms with E-state index in [4.69, 9.17) is 0 Å². The number of rotatable bonds is 3.